The zero-order chi connectivity index (χ0) is 37.5. The highest BCUT2D eigenvalue weighted by molar-refractivity contribution is 6.21. The van der Waals surface area contributed by atoms with Crippen LogP contribution in [0, 0.1) is 0 Å². The summed E-state index contributed by atoms with van der Waals surface area (Å²) >= 11 is 0. The molecule has 0 fully saturated rings. The lowest BCUT2D eigenvalue weighted by Gasteiger charge is -2.28. The van der Waals surface area contributed by atoms with E-state index < -0.39 is 0 Å². The summed E-state index contributed by atoms with van der Waals surface area (Å²) in [5.41, 5.74) is 10.7. The molecule has 12 aromatic rings. The Bertz CT molecular complexity index is 3530. The molecule has 0 aliphatic heterocycles. The van der Waals surface area contributed by atoms with Crippen molar-refractivity contribution in [3.8, 4) is 16.8 Å². The first kappa shape index (κ1) is 31.7. The first-order valence-corrected chi connectivity index (χ1v) is 19.5. The normalized spacial score (nSPS) is 11.9. The molecular formula is C54H34N2O. The average molecular weight is 727 g/mol. The van der Waals surface area contributed by atoms with E-state index >= 15 is 0 Å². The highest BCUT2D eigenvalue weighted by Gasteiger charge is 2.25. The molecule has 0 unspecified atom stereocenters. The number of furan rings is 1. The van der Waals surface area contributed by atoms with E-state index in [9.17, 15) is 0 Å². The molecule has 0 spiro atoms. The van der Waals surface area contributed by atoms with Gasteiger partial charge in [0.25, 0.3) is 0 Å². The van der Waals surface area contributed by atoms with Crippen LogP contribution in [0.3, 0.4) is 0 Å². The SMILES string of the molecule is c1ccc(-n2c3ccccc3c3ccc(N(c4cccc5c4ccc4ccccc45)c4ccc(-c5cccc6ccccc56)c5oc6ccccc6c45)cc32)cc1. The van der Waals surface area contributed by atoms with Gasteiger partial charge in [0.15, 0.2) is 0 Å². The molecular weight excluding hydrogens is 693 g/mol. The van der Waals surface area contributed by atoms with Crippen LogP contribution in [0.4, 0.5) is 17.1 Å². The minimum absolute atomic E-state index is 0.866. The Hall–Kier alpha value is -7.62. The third kappa shape index (κ3) is 4.79. The Morgan fingerprint density at radius 2 is 1.02 bits per heavy atom. The van der Waals surface area contributed by atoms with E-state index in [4.69, 9.17) is 4.42 Å². The van der Waals surface area contributed by atoms with Crippen molar-refractivity contribution in [2.45, 2.75) is 0 Å². The summed E-state index contributed by atoms with van der Waals surface area (Å²) in [5, 5.41) is 11.9. The molecule has 2 heterocycles. The van der Waals surface area contributed by atoms with Gasteiger partial charge in [-0.15, -0.1) is 0 Å². The first-order chi connectivity index (χ1) is 28.3. The Morgan fingerprint density at radius 1 is 0.368 bits per heavy atom. The summed E-state index contributed by atoms with van der Waals surface area (Å²) in [5.74, 6) is 0. The third-order valence-corrected chi connectivity index (χ3v) is 11.8. The van der Waals surface area contributed by atoms with Gasteiger partial charge in [-0.1, -0.05) is 152 Å². The number of aromatic nitrogens is 1. The summed E-state index contributed by atoms with van der Waals surface area (Å²) < 4.78 is 9.35. The fourth-order valence-corrected chi connectivity index (χ4v) is 9.25. The maximum absolute atomic E-state index is 6.95. The predicted molar refractivity (Wildman–Crippen MR) is 241 cm³/mol. The average Bonchev–Trinajstić information content (AvgIpc) is 3.83. The quantitative estimate of drug-likeness (QED) is 0.165. The molecule has 0 aliphatic rings. The Labute approximate surface area is 328 Å². The van der Waals surface area contributed by atoms with Crippen molar-refractivity contribution in [2.75, 3.05) is 4.90 Å². The van der Waals surface area contributed by atoms with Crippen molar-refractivity contribution in [1.82, 2.24) is 4.57 Å². The number of anilines is 3. The van der Waals surface area contributed by atoms with E-state index in [-0.39, 0.29) is 0 Å². The van der Waals surface area contributed by atoms with Gasteiger partial charge in [-0.2, -0.15) is 0 Å². The summed E-state index contributed by atoms with van der Waals surface area (Å²) in [4.78, 5) is 2.46. The second-order valence-corrected chi connectivity index (χ2v) is 14.8. The van der Waals surface area contributed by atoms with Crippen molar-refractivity contribution >= 4 is 93.1 Å². The number of benzene rings is 10. The molecule has 0 aliphatic carbocycles. The highest BCUT2D eigenvalue weighted by Crippen LogP contribution is 2.49. The lowest BCUT2D eigenvalue weighted by molar-refractivity contribution is 0.670. The summed E-state index contributed by atoms with van der Waals surface area (Å²) in [7, 11) is 0. The summed E-state index contributed by atoms with van der Waals surface area (Å²) in [6.07, 6.45) is 0. The van der Waals surface area contributed by atoms with Crippen LogP contribution >= 0.6 is 0 Å². The molecule has 0 saturated heterocycles. The van der Waals surface area contributed by atoms with Crippen LogP contribution < -0.4 is 4.90 Å². The zero-order valence-electron chi connectivity index (χ0n) is 30.9. The lowest BCUT2D eigenvalue weighted by atomic mass is 9.95. The minimum atomic E-state index is 0.866. The molecule has 0 saturated carbocycles. The monoisotopic (exact) mass is 726 g/mol. The second kappa shape index (κ2) is 12.5. The number of para-hydroxylation sites is 3. The topological polar surface area (TPSA) is 21.3 Å². The van der Waals surface area contributed by atoms with E-state index in [1.165, 1.54) is 48.6 Å². The van der Waals surface area contributed by atoms with Gasteiger partial charge in [0, 0.05) is 38.5 Å². The number of rotatable bonds is 5. The van der Waals surface area contributed by atoms with Crippen LogP contribution in [-0.2, 0) is 0 Å². The Kier molecular flexibility index (Phi) is 6.93. The summed E-state index contributed by atoms with van der Waals surface area (Å²) in [6, 6.07) is 74.5. The van der Waals surface area contributed by atoms with Crippen molar-refractivity contribution < 1.29 is 4.42 Å². The number of hydrogen-bond acceptors (Lipinski definition) is 2. The van der Waals surface area contributed by atoms with Gasteiger partial charge in [0.05, 0.1) is 27.8 Å². The first-order valence-electron chi connectivity index (χ1n) is 19.5. The molecule has 2 aromatic heterocycles. The van der Waals surface area contributed by atoms with E-state index in [1.54, 1.807) is 0 Å². The zero-order valence-corrected chi connectivity index (χ0v) is 30.9. The van der Waals surface area contributed by atoms with Gasteiger partial charge in [-0.3, -0.25) is 0 Å². The second-order valence-electron chi connectivity index (χ2n) is 14.8. The molecule has 3 heteroatoms. The van der Waals surface area contributed by atoms with Crippen LogP contribution in [0.15, 0.2) is 211 Å². The maximum Gasteiger partial charge on any atom is 0.145 e. The number of hydrogen-bond donors (Lipinski definition) is 0. The molecule has 3 nitrogen and oxygen atoms in total. The highest BCUT2D eigenvalue weighted by atomic mass is 16.3. The van der Waals surface area contributed by atoms with E-state index in [1.807, 2.05) is 0 Å². The molecule has 0 N–H and O–H groups in total. The van der Waals surface area contributed by atoms with Crippen LogP contribution in [0.5, 0.6) is 0 Å². The molecule has 0 radical (unpaired) electrons. The fourth-order valence-electron chi connectivity index (χ4n) is 9.25. The van der Waals surface area contributed by atoms with Gasteiger partial charge in [0.1, 0.15) is 11.2 Å². The molecule has 0 atom stereocenters. The molecule has 12 rings (SSSR count). The van der Waals surface area contributed by atoms with Crippen LogP contribution in [0.2, 0.25) is 0 Å². The lowest BCUT2D eigenvalue weighted by Crippen LogP contribution is -2.11. The van der Waals surface area contributed by atoms with Crippen molar-refractivity contribution in [2.24, 2.45) is 0 Å². The smallest absolute Gasteiger partial charge is 0.145 e. The molecule has 0 amide bonds. The molecule has 57 heavy (non-hydrogen) atoms. The van der Waals surface area contributed by atoms with E-state index in [0.717, 1.165) is 61.3 Å². The largest absolute Gasteiger partial charge is 0.455 e. The molecule has 266 valence electrons. The van der Waals surface area contributed by atoms with Crippen molar-refractivity contribution in [1.29, 1.82) is 0 Å². The Balaban J connectivity index is 1.21. The third-order valence-electron chi connectivity index (χ3n) is 11.8. The minimum Gasteiger partial charge on any atom is -0.455 e. The predicted octanol–water partition coefficient (Wildman–Crippen LogP) is 15.3. The number of fused-ring (bicyclic) bond motifs is 10. The van der Waals surface area contributed by atoms with Gasteiger partial charge >= 0.3 is 0 Å². The maximum atomic E-state index is 6.95. The fraction of sp³-hybridized carbons (Fsp3) is 0. The van der Waals surface area contributed by atoms with Gasteiger partial charge < -0.3 is 13.9 Å². The van der Waals surface area contributed by atoms with Crippen LogP contribution in [-0.4, -0.2) is 4.57 Å². The standard InChI is InChI=1S/C54H34N2O/c1-2-17-37(18-3-1)55-48-25-10-8-21-43(48)45-31-29-38(34-51(45)55)56(49-26-13-24-41-40-20-7-5-15-36(40)28-30-44(41)49)50-33-32-46(42-23-12-16-35-14-4-6-19-39(35)42)54-53(50)47-22-9-11-27-52(47)57-54/h1-34H. The van der Waals surface area contributed by atoms with Crippen molar-refractivity contribution in [3.63, 3.8) is 0 Å². The molecule has 0 bridgehead atoms. The van der Waals surface area contributed by atoms with Gasteiger partial charge in [-0.25, -0.2) is 0 Å². The summed E-state index contributed by atoms with van der Waals surface area (Å²) in [6.45, 7) is 0. The molecule has 10 aromatic carbocycles. The van der Waals surface area contributed by atoms with Crippen molar-refractivity contribution in [3.05, 3.63) is 206 Å². The van der Waals surface area contributed by atoms with E-state index in [0.29, 0.717) is 0 Å². The van der Waals surface area contributed by atoms with E-state index in [2.05, 4.69) is 216 Å². The van der Waals surface area contributed by atoms with Gasteiger partial charge in [-0.05, 0) is 87.1 Å². The Morgan fingerprint density at radius 3 is 1.89 bits per heavy atom. The van der Waals surface area contributed by atoms with Crippen LogP contribution in [0.1, 0.15) is 0 Å². The van der Waals surface area contributed by atoms with Gasteiger partial charge in [0.2, 0.25) is 0 Å². The van der Waals surface area contributed by atoms with Crippen LogP contribution in [0.25, 0.3) is 92.9 Å². The number of nitrogens with zero attached hydrogens (tertiary/aromatic N) is 2.